The smallest absolute Gasteiger partial charge is 0.243 e. The van der Waals surface area contributed by atoms with Crippen LogP contribution in [0.4, 0.5) is 11.5 Å². The van der Waals surface area contributed by atoms with Crippen LogP contribution in [-0.4, -0.2) is 55.0 Å². The largest absolute Gasteiger partial charge is 0.352 e. The number of hydrogen-bond acceptors (Lipinski definition) is 6. The summed E-state index contributed by atoms with van der Waals surface area (Å²) in [6, 6.07) is 18.2. The lowest BCUT2D eigenvalue weighted by atomic mass is 10.1. The maximum atomic E-state index is 13.1. The lowest BCUT2D eigenvalue weighted by molar-refractivity contribution is -0.118. The molecule has 1 N–H and O–H groups in total. The van der Waals surface area contributed by atoms with E-state index in [9.17, 15) is 13.2 Å². The zero-order valence-corrected chi connectivity index (χ0v) is 20.4. The standard InChI is InChI=1S/C25H29N5O3S/c1-18(2)25(31)26-20-8-10-21(11-9-20)34(32,33)30-16-14-29(15-17-30)24-13-12-23(27-28-24)22-7-5-4-6-19(22)3/h4-13,18H,14-17H2,1-3H3,(H,26,31). The highest BCUT2D eigenvalue weighted by Gasteiger charge is 2.29. The number of nitrogens with one attached hydrogen (secondary N) is 1. The number of hydrogen-bond donors (Lipinski definition) is 1. The number of aromatic nitrogens is 2. The second-order valence-corrected chi connectivity index (χ2v) is 10.6. The average Bonchev–Trinajstić information content (AvgIpc) is 2.85. The third kappa shape index (κ3) is 5.10. The number of carbonyl (C=O) groups excluding carboxylic acids is 1. The Balaban J connectivity index is 1.39. The molecule has 9 heteroatoms. The van der Waals surface area contributed by atoms with Crippen LogP contribution < -0.4 is 10.2 Å². The van der Waals surface area contributed by atoms with E-state index in [2.05, 4.69) is 15.5 Å². The van der Waals surface area contributed by atoms with E-state index in [0.717, 1.165) is 22.6 Å². The molecule has 0 unspecified atom stereocenters. The molecule has 2 heterocycles. The average molecular weight is 480 g/mol. The quantitative estimate of drug-likeness (QED) is 0.581. The maximum absolute atomic E-state index is 13.1. The van der Waals surface area contributed by atoms with Gasteiger partial charge >= 0.3 is 0 Å². The van der Waals surface area contributed by atoms with Crippen LogP contribution in [0.2, 0.25) is 0 Å². The van der Waals surface area contributed by atoms with E-state index in [1.807, 2.05) is 48.2 Å². The molecule has 1 fully saturated rings. The molecule has 3 aromatic rings. The lowest BCUT2D eigenvalue weighted by Crippen LogP contribution is -2.49. The van der Waals surface area contributed by atoms with Crippen molar-refractivity contribution in [1.29, 1.82) is 0 Å². The van der Waals surface area contributed by atoms with Gasteiger partial charge in [0.05, 0.1) is 10.6 Å². The molecule has 2 aromatic carbocycles. The lowest BCUT2D eigenvalue weighted by Gasteiger charge is -2.34. The number of amides is 1. The van der Waals surface area contributed by atoms with Crippen LogP contribution in [0, 0.1) is 12.8 Å². The molecule has 0 bridgehead atoms. The van der Waals surface area contributed by atoms with Gasteiger partial charge in [0.25, 0.3) is 0 Å². The first-order valence-corrected chi connectivity index (χ1v) is 12.8. The van der Waals surface area contributed by atoms with Gasteiger partial charge in [-0.3, -0.25) is 4.79 Å². The molecule has 1 aromatic heterocycles. The first-order chi connectivity index (χ1) is 16.3. The molecule has 0 spiro atoms. The van der Waals surface area contributed by atoms with Gasteiger partial charge < -0.3 is 10.2 Å². The van der Waals surface area contributed by atoms with Gasteiger partial charge in [0, 0.05) is 43.3 Å². The van der Waals surface area contributed by atoms with Gasteiger partial charge in [-0.2, -0.15) is 4.31 Å². The van der Waals surface area contributed by atoms with Crippen molar-refractivity contribution >= 4 is 27.4 Å². The summed E-state index contributed by atoms with van der Waals surface area (Å²) < 4.78 is 27.7. The highest BCUT2D eigenvalue weighted by Crippen LogP contribution is 2.24. The van der Waals surface area contributed by atoms with E-state index in [-0.39, 0.29) is 16.7 Å². The summed E-state index contributed by atoms with van der Waals surface area (Å²) in [7, 11) is -3.62. The zero-order valence-electron chi connectivity index (χ0n) is 19.6. The van der Waals surface area contributed by atoms with Crippen LogP contribution in [0.5, 0.6) is 0 Å². The predicted molar refractivity (Wildman–Crippen MR) is 133 cm³/mol. The summed E-state index contributed by atoms with van der Waals surface area (Å²) in [5, 5.41) is 11.5. The van der Waals surface area contributed by atoms with Crippen LogP contribution in [0.1, 0.15) is 19.4 Å². The summed E-state index contributed by atoms with van der Waals surface area (Å²) in [5.41, 5.74) is 3.58. The normalized spacial score (nSPS) is 14.9. The Kier molecular flexibility index (Phi) is 6.95. The fourth-order valence-electron chi connectivity index (χ4n) is 3.80. The fourth-order valence-corrected chi connectivity index (χ4v) is 5.22. The van der Waals surface area contributed by atoms with Gasteiger partial charge in [-0.15, -0.1) is 10.2 Å². The number of aryl methyl sites for hydroxylation is 1. The molecule has 1 saturated heterocycles. The van der Waals surface area contributed by atoms with Gasteiger partial charge in [0.1, 0.15) is 0 Å². The molecular weight excluding hydrogens is 450 g/mol. The Labute approximate surface area is 200 Å². The van der Waals surface area contributed by atoms with Crippen molar-refractivity contribution in [2.75, 3.05) is 36.4 Å². The van der Waals surface area contributed by atoms with E-state index in [1.165, 1.54) is 16.4 Å². The Hall–Kier alpha value is -3.30. The monoisotopic (exact) mass is 479 g/mol. The summed E-state index contributed by atoms with van der Waals surface area (Å²) >= 11 is 0. The number of nitrogens with zero attached hydrogens (tertiary/aromatic N) is 4. The molecule has 1 amide bonds. The molecule has 0 atom stereocenters. The number of rotatable bonds is 6. The second kappa shape index (κ2) is 9.90. The van der Waals surface area contributed by atoms with Crippen molar-refractivity contribution < 1.29 is 13.2 Å². The maximum Gasteiger partial charge on any atom is 0.243 e. The third-order valence-corrected chi connectivity index (χ3v) is 7.83. The molecule has 4 rings (SSSR count). The fraction of sp³-hybridized carbons (Fsp3) is 0.320. The van der Waals surface area contributed by atoms with Crippen LogP contribution in [-0.2, 0) is 14.8 Å². The predicted octanol–water partition coefficient (Wildman–Crippen LogP) is 3.56. The van der Waals surface area contributed by atoms with Gasteiger partial charge in [0.2, 0.25) is 15.9 Å². The van der Waals surface area contributed by atoms with Crippen molar-refractivity contribution in [3.8, 4) is 11.3 Å². The molecule has 0 radical (unpaired) electrons. The molecule has 0 saturated carbocycles. The van der Waals surface area contributed by atoms with Gasteiger partial charge in [-0.25, -0.2) is 8.42 Å². The van der Waals surface area contributed by atoms with E-state index in [1.54, 1.807) is 26.0 Å². The summed E-state index contributed by atoms with van der Waals surface area (Å²) in [6.45, 7) is 7.42. The Morgan fingerprint density at radius 2 is 1.59 bits per heavy atom. The number of sulfonamides is 1. The molecule has 178 valence electrons. The third-order valence-electron chi connectivity index (χ3n) is 5.92. The van der Waals surface area contributed by atoms with Crippen molar-refractivity contribution in [3.05, 3.63) is 66.2 Å². The van der Waals surface area contributed by atoms with E-state index >= 15 is 0 Å². The first-order valence-electron chi connectivity index (χ1n) is 11.3. The van der Waals surface area contributed by atoms with Crippen molar-refractivity contribution in [3.63, 3.8) is 0 Å². The van der Waals surface area contributed by atoms with Crippen molar-refractivity contribution in [1.82, 2.24) is 14.5 Å². The summed E-state index contributed by atoms with van der Waals surface area (Å²) in [5.74, 6) is 0.476. The Bertz CT molecular complexity index is 1250. The summed E-state index contributed by atoms with van der Waals surface area (Å²) in [6.07, 6.45) is 0. The highest BCUT2D eigenvalue weighted by molar-refractivity contribution is 7.89. The Morgan fingerprint density at radius 3 is 2.18 bits per heavy atom. The van der Waals surface area contributed by atoms with Gasteiger partial charge in [-0.1, -0.05) is 38.1 Å². The highest BCUT2D eigenvalue weighted by atomic mass is 32.2. The van der Waals surface area contributed by atoms with Crippen LogP contribution in [0.3, 0.4) is 0 Å². The molecular formula is C25H29N5O3S. The SMILES string of the molecule is Cc1ccccc1-c1ccc(N2CCN(S(=O)(=O)c3ccc(NC(=O)C(C)C)cc3)CC2)nn1. The molecule has 8 nitrogen and oxygen atoms in total. The molecule has 0 aliphatic carbocycles. The zero-order chi connectivity index (χ0) is 24.3. The van der Waals surface area contributed by atoms with E-state index in [0.29, 0.717) is 31.9 Å². The van der Waals surface area contributed by atoms with Crippen LogP contribution in [0.25, 0.3) is 11.3 Å². The number of anilines is 2. The number of benzene rings is 2. The van der Waals surface area contributed by atoms with Crippen molar-refractivity contribution in [2.45, 2.75) is 25.7 Å². The minimum absolute atomic E-state index is 0.109. The summed E-state index contributed by atoms with van der Waals surface area (Å²) in [4.78, 5) is 14.1. The second-order valence-electron chi connectivity index (χ2n) is 8.65. The van der Waals surface area contributed by atoms with E-state index in [4.69, 9.17) is 0 Å². The van der Waals surface area contributed by atoms with Gasteiger partial charge in [-0.05, 0) is 48.9 Å². The number of carbonyl (C=O) groups is 1. The van der Waals surface area contributed by atoms with Crippen LogP contribution in [0.15, 0.2) is 65.6 Å². The van der Waals surface area contributed by atoms with Crippen LogP contribution >= 0.6 is 0 Å². The molecule has 1 aliphatic rings. The Morgan fingerprint density at radius 1 is 0.912 bits per heavy atom. The topological polar surface area (TPSA) is 95.5 Å². The minimum Gasteiger partial charge on any atom is -0.352 e. The van der Waals surface area contributed by atoms with Gasteiger partial charge in [0.15, 0.2) is 5.82 Å². The van der Waals surface area contributed by atoms with Crippen molar-refractivity contribution in [2.24, 2.45) is 5.92 Å². The van der Waals surface area contributed by atoms with E-state index < -0.39 is 10.0 Å². The number of piperazine rings is 1. The first kappa shape index (κ1) is 23.8. The molecule has 1 aliphatic heterocycles. The minimum atomic E-state index is -3.62. The molecule has 34 heavy (non-hydrogen) atoms.